The van der Waals surface area contributed by atoms with Crippen LogP contribution >= 0.6 is 15.9 Å². The van der Waals surface area contributed by atoms with Crippen LogP contribution in [0.4, 0.5) is 5.69 Å². The standard InChI is InChI=1S/C15H14BrNO/c16-14-4-2-1-3-11(14)7-10-15(18)12-5-8-13(17)9-6-12/h1-6,8-9H,7,10,17H2. The molecule has 18 heavy (non-hydrogen) atoms. The van der Waals surface area contributed by atoms with E-state index >= 15 is 0 Å². The van der Waals surface area contributed by atoms with Crippen LogP contribution in [-0.4, -0.2) is 5.78 Å². The Hall–Kier alpha value is -1.61. The zero-order valence-electron chi connectivity index (χ0n) is 9.90. The second kappa shape index (κ2) is 5.83. The van der Waals surface area contributed by atoms with Crippen molar-refractivity contribution < 1.29 is 4.79 Å². The summed E-state index contributed by atoms with van der Waals surface area (Å²) in [6.45, 7) is 0. The van der Waals surface area contributed by atoms with Crippen LogP contribution in [0.1, 0.15) is 22.3 Å². The van der Waals surface area contributed by atoms with Crippen LogP contribution in [0.25, 0.3) is 0 Å². The van der Waals surface area contributed by atoms with Gasteiger partial charge in [-0.3, -0.25) is 4.79 Å². The fourth-order valence-corrected chi connectivity index (χ4v) is 2.25. The fraction of sp³-hybridized carbons (Fsp3) is 0.133. The van der Waals surface area contributed by atoms with E-state index in [0.29, 0.717) is 12.1 Å². The van der Waals surface area contributed by atoms with Gasteiger partial charge in [-0.05, 0) is 42.3 Å². The van der Waals surface area contributed by atoms with Gasteiger partial charge in [-0.2, -0.15) is 0 Å². The third-order valence-electron chi connectivity index (χ3n) is 2.81. The van der Waals surface area contributed by atoms with E-state index in [1.807, 2.05) is 24.3 Å². The molecule has 0 aliphatic rings. The van der Waals surface area contributed by atoms with Crippen molar-refractivity contribution in [1.82, 2.24) is 0 Å². The molecule has 0 saturated carbocycles. The monoisotopic (exact) mass is 303 g/mol. The summed E-state index contributed by atoms with van der Waals surface area (Å²) < 4.78 is 1.05. The largest absolute Gasteiger partial charge is 0.399 e. The Morgan fingerprint density at radius 2 is 1.72 bits per heavy atom. The molecule has 0 aliphatic heterocycles. The number of hydrogen-bond acceptors (Lipinski definition) is 2. The second-order valence-corrected chi connectivity index (χ2v) is 4.99. The quantitative estimate of drug-likeness (QED) is 0.689. The molecule has 3 heteroatoms. The second-order valence-electron chi connectivity index (χ2n) is 4.14. The van der Waals surface area contributed by atoms with Crippen LogP contribution in [0.2, 0.25) is 0 Å². The van der Waals surface area contributed by atoms with Crippen molar-refractivity contribution in [3.05, 3.63) is 64.1 Å². The van der Waals surface area contributed by atoms with Gasteiger partial charge in [-0.15, -0.1) is 0 Å². The molecule has 0 spiro atoms. The zero-order valence-corrected chi connectivity index (χ0v) is 11.5. The number of Topliss-reactive ketones (excluding diaryl/α,β-unsaturated/α-hetero) is 1. The van der Waals surface area contributed by atoms with Gasteiger partial charge in [0.2, 0.25) is 0 Å². The van der Waals surface area contributed by atoms with Gasteiger partial charge < -0.3 is 5.73 Å². The van der Waals surface area contributed by atoms with Gasteiger partial charge in [0.05, 0.1) is 0 Å². The Morgan fingerprint density at radius 1 is 1.06 bits per heavy atom. The number of hydrogen-bond donors (Lipinski definition) is 1. The zero-order chi connectivity index (χ0) is 13.0. The summed E-state index contributed by atoms with van der Waals surface area (Å²) in [6, 6.07) is 15.0. The van der Waals surface area contributed by atoms with Crippen molar-refractivity contribution in [3.8, 4) is 0 Å². The Balaban J connectivity index is 2.01. The van der Waals surface area contributed by atoms with E-state index in [1.54, 1.807) is 24.3 Å². The van der Waals surface area contributed by atoms with Crippen LogP contribution in [0.15, 0.2) is 53.0 Å². The van der Waals surface area contributed by atoms with E-state index < -0.39 is 0 Å². The van der Waals surface area contributed by atoms with Gasteiger partial charge in [0.15, 0.2) is 5.78 Å². The van der Waals surface area contributed by atoms with Gasteiger partial charge in [0.25, 0.3) is 0 Å². The maximum absolute atomic E-state index is 12.0. The molecule has 0 fully saturated rings. The molecule has 0 saturated heterocycles. The topological polar surface area (TPSA) is 43.1 Å². The summed E-state index contributed by atoms with van der Waals surface area (Å²) in [5.74, 6) is 0.144. The van der Waals surface area contributed by atoms with Crippen LogP contribution in [-0.2, 0) is 6.42 Å². The molecule has 2 aromatic carbocycles. The SMILES string of the molecule is Nc1ccc(C(=O)CCc2ccccc2Br)cc1. The first kappa shape index (κ1) is 12.8. The predicted molar refractivity (Wildman–Crippen MR) is 77.6 cm³/mol. The molecule has 2 nitrogen and oxygen atoms in total. The number of ketones is 1. The minimum atomic E-state index is 0.144. The highest BCUT2D eigenvalue weighted by molar-refractivity contribution is 9.10. The minimum Gasteiger partial charge on any atom is -0.399 e. The van der Waals surface area contributed by atoms with Gasteiger partial charge in [0, 0.05) is 22.1 Å². The van der Waals surface area contributed by atoms with Gasteiger partial charge in [-0.1, -0.05) is 34.1 Å². The number of anilines is 1. The Labute approximate surface area is 115 Å². The number of nitrogens with two attached hydrogens (primary N) is 1. The number of nitrogen functional groups attached to an aromatic ring is 1. The molecule has 2 aromatic rings. The first-order chi connectivity index (χ1) is 8.66. The average molecular weight is 304 g/mol. The predicted octanol–water partition coefficient (Wildman–Crippen LogP) is 3.85. The average Bonchev–Trinajstić information content (AvgIpc) is 2.38. The van der Waals surface area contributed by atoms with Gasteiger partial charge >= 0.3 is 0 Å². The van der Waals surface area contributed by atoms with E-state index in [9.17, 15) is 4.79 Å². The highest BCUT2D eigenvalue weighted by Gasteiger charge is 2.07. The third kappa shape index (κ3) is 3.20. The molecule has 0 radical (unpaired) electrons. The highest BCUT2D eigenvalue weighted by atomic mass is 79.9. The van der Waals surface area contributed by atoms with Crippen molar-refractivity contribution >= 4 is 27.4 Å². The summed E-state index contributed by atoms with van der Waals surface area (Å²) in [5.41, 5.74) is 8.15. The van der Waals surface area contributed by atoms with Crippen molar-refractivity contribution in [2.75, 3.05) is 5.73 Å². The lowest BCUT2D eigenvalue weighted by molar-refractivity contribution is 0.0983. The summed E-state index contributed by atoms with van der Waals surface area (Å²) >= 11 is 3.48. The molecule has 0 heterocycles. The van der Waals surface area contributed by atoms with Crippen LogP contribution < -0.4 is 5.73 Å². The highest BCUT2D eigenvalue weighted by Crippen LogP contribution is 2.18. The van der Waals surface area contributed by atoms with E-state index in [-0.39, 0.29) is 5.78 Å². The summed E-state index contributed by atoms with van der Waals surface area (Å²) in [7, 11) is 0. The van der Waals surface area contributed by atoms with E-state index in [0.717, 1.165) is 22.0 Å². The fourth-order valence-electron chi connectivity index (χ4n) is 1.76. The first-order valence-corrected chi connectivity index (χ1v) is 6.58. The normalized spacial score (nSPS) is 10.3. The van der Waals surface area contributed by atoms with E-state index in [4.69, 9.17) is 5.73 Å². The lowest BCUT2D eigenvalue weighted by atomic mass is 10.0. The summed E-state index contributed by atoms with van der Waals surface area (Å²) in [6.07, 6.45) is 1.25. The Bertz CT molecular complexity index is 549. The van der Waals surface area contributed by atoms with Crippen molar-refractivity contribution in [2.24, 2.45) is 0 Å². The number of benzene rings is 2. The molecule has 0 atom stereocenters. The first-order valence-electron chi connectivity index (χ1n) is 5.79. The maximum Gasteiger partial charge on any atom is 0.163 e. The lowest BCUT2D eigenvalue weighted by Gasteiger charge is -2.04. The van der Waals surface area contributed by atoms with Crippen molar-refractivity contribution in [2.45, 2.75) is 12.8 Å². The smallest absolute Gasteiger partial charge is 0.163 e. The molecular weight excluding hydrogens is 290 g/mol. The number of rotatable bonds is 4. The molecule has 92 valence electrons. The van der Waals surface area contributed by atoms with E-state index in [2.05, 4.69) is 15.9 Å². The van der Waals surface area contributed by atoms with Crippen molar-refractivity contribution in [1.29, 1.82) is 0 Å². The molecular formula is C15H14BrNO. The third-order valence-corrected chi connectivity index (χ3v) is 3.59. The van der Waals surface area contributed by atoms with Gasteiger partial charge in [0.1, 0.15) is 0 Å². The molecule has 0 unspecified atom stereocenters. The maximum atomic E-state index is 12.0. The van der Waals surface area contributed by atoms with Crippen LogP contribution in [0.3, 0.4) is 0 Å². The molecule has 2 N–H and O–H groups in total. The minimum absolute atomic E-state index is 0.144. The van der Waals surface area contributed by atoms with Gasteiger partial charge in [-0.25, -0.2) is 0 Å². The van der Waals surface area contributed by atoms with Crippen LogP contribution in [0, 0.1) is 0 Å². The summed E-state index contributed by atoms with van der Waals surface area (Å²) in [4.78, 5) is 12.0. The molecule has 2 rings (SSSR count). The Kier molecular flexibility index (Phi) is 4.15. The Morgan fingerprint density at radius 3 is 2.39 bits per heavy atom. The molecule has 0 bridgehead atoms. The molecule has 0 aromatic heterocycles. The molecule has 0 amide bonds. The van der Waals surface area contributed by atoms with Crippen LogP contribution in [0.5, 0.6) is 0 Å². The lowest BCUT2D eigenvalue weighted by Crippen LogP contribution is -2.01. The summed E-state index contributed by atoms with van der Waals surface area (Å²) in [5, 5.41) is 0. The number of aryl methyl sites for hydroxylation is 1. The number of carbonyl (C=O) groups is 1. The molecule has 0 aliphatic carbocycles. The number of carbonyl (C=O) groups excluding carboxylic acids is 1. The van der Waals surface area contributed by atoms with E-state index in [1.165, 1.54) is 0 Å². The number of halogens is 1. The van der Waals surface area contributed by atoms with Crippen molar-refractivity contribution in [3.63, 3.8) is 0 Å².